The number of rotatable bonds is 15. The van der Waals surface area contributed by atoms with Crippen LogP contribution in [0, 0.1) is 17.8 Å². The van der Waals surface area contributed by atoms with E-state index in [1.54, 1.807) is 19.1 Å². The number of carbonyl (C=O) groups excluding carboxylic acids is 2. The highest BCUT2D eigenvalue weighted by Crippen LogP contribution is 2.25. The molecule has 1 aliphatic heterocycles. The van der Waals surface area contributed by atoms with Gasteiger partial charge in [-0.1, -0.05) is 91.3 Å². The minimum absolute atomic E-state index is 0.0812. The molecule has 0 saturated carbocycles. The van der Waals surface area contributed by atoms with Crippen LogP contribution >= 0.6 is 0 Å². The Balaban J connectivity index is 1.88. The number of hydrogen-bond donors (Lipinski definition) is 3. The lowest BCUT2D eigenvalue weighted by Gasteiger charge is -2.25. The first-order valence-corrected chi connectivity index (χ1v) is 17.6. The third kappa shape index (κ3) is 17.1. The number of carbonyl (C=O) groups is 2. The quantitative estimate of drug-likeness (QED) is 0.0860. The first kappa shape index (κ1) is 41.6. The van der Waals surface area contributed by atoms with Crippen molar-refractivity contribution < 1.29 is 34.4 Å². The van der Waals surface area contributed by atoms with Crippen LogP contribution in [-0.4, -0.2) is 73.3 Å². The summed E-state index contributed by atoms with van der Waals surface area (Å²) in [6.45, 7) is 14.4. The molecule has 2 heterocycles. The van der Waals surface area contributed by atoms with E-state index >= 15 is 0 Å². The fourth-order valence-corrected chi connectivity index (χ4v) is 5.57. The molecule has 0 fully saturated rings. The van der Waals surface area contributed by atoms with E-state index in [4.69, 9.17) is 9.47 Å². The molecule has 10 nitrogen and oxygen atoms in total. The third-order valence-electron chi connectivity index (χ3n) is 8.65. The topological polar surface area (TPSA) is 144 Å². The first-order valence-electron chi connectivity index (χ1n) is 17.6. The van der Waals surface area contributed by atoms with Crippen LogP contribution in [0.4, 0.5) is 0 Å². The molecule has 1 unspecified atom stereocenters. The van der Waals surface area contributed by atoms with Crippen LogP contribution in [0.1, 0.15) is 92.7 Å². The van der Waals surface area contributed by atoms with Crippen LogP contribution in [0.2, 0.25) is 0 Å². The Morgan fingerprint density at radius 3 is 2.51 bits per heavy atom. The lowest BCUT2D eigenvalue weighted by atomic mass is 9.87. The second-order valence-electron chi connectivity index (χ2n) is 13.5. The van der Waals surface area contributed by atoms with Crippen molar-refractivity contribution in [2.75, 3.05) is 6.61 Å². The summed E-state index contributed by atoms with van der Waals surface area (Å²) in [4.78, 5) is 25.3. The molecule has 0 saturated heterocycles. The van der Waals surface area contributed by atoms with Crippen molar-refractivity contribution in [3.05, 3.63) is 83.3 Å². The van der Waals surface area contributed by atoms with Crippen molar-refractivity contribution in [3.8, 4) is 0 Å². The molecular formula is C39H59N3O7. The van der Waals surface area contributed by atoms with Gasteiger partial charge in [-0.3, -0.25) is 9.48 Å². The van der Waals surface area contributed by atoms with E-state index in [2.05, 4.69) is 36.3 Å². The highest BCUT2D eigenvalue weighted by Gasteiger charge is 2.24. The maximum absolute atomic E-state index is 12.8. The fraction of sp³-hybridized carbons (Fsp3) is 0.590. The van der Waals surface area contributed by atoms with E-state index in [0.29, 0.717) is 25.8 Å². The molecule has 0 spiro atoms. The maximum Gasteiger partial charge on any atom is 0.330 e. The number of aromatic nitrogens is 3. The normalized spacial score (nSPS) is 23.8. The van der Waals surface area contributed by atoms with Crippen molar-refractivity contribution >= 4 is 11.9 Å². The molecule has 1 aliphatic rings. The summed E-state index contributed by atoms with van der Waals surface area (Å²) in [5.41, 5.74) is 3.56. The molecule has 0 aromatic carbocycles. The molecule has 0 bridgehead atoms. The second-order valence-corrected chi connectivity index (χ2v) is 13.5. The summed E-state index contributed by atoms with van der Waals surface area (Å²) in [5.74, 6) is -0.132. The van der Waals surface area contributed by atoms with Crippen LogP contribution in [0.25, 0.3) is 0 Å². The molecule has 272 valence electrons. The van der Waals surface area contributed by atoms with Crippen LogP contribution in [0.15, 0.2) is 77.6 Å². The standard InChI is InChI=1S/C39H59N3O7/c1-8-34-25-42(41-40-34)24-31(6)37-17-10-9-15-30(5)33(16-12-18-39(47)49-37)26-48-38(46)20-19-29(4)21-27(2)13-11-14-28(3)22-35(44)36(45)23-32(7)43/h9-11,13-14,19-22,25,30-33,35-37,43-45H,8,12,15-18,23-24,26H2,1-7H3/b10-9+,14-11+,20-19+,27-13+,28-22+,29-21+/t30-,31-,32?,33+,35-,36-,37+/m0/s1. The SMILES string of the molecule is CCc1cn(C[C@H](C)[C@H]2C/C=C/C[C@H](C)[C@@H](COC(=O)/C=C/C(C)=C/C(C)=C/C=C/C(C)=C/[C@H](O)[C@@H](O)CC(C)O)CCCC(=O)O2)nn1. The summed E-state index contributed by atoms with van der Waals surface area (Å²) in [6.07, 6.45) is 19.5. The number of allylic oxidation sites excluding steroid dienone is 9. The lowest BCUT2D eigenvalue weighted by Crippen LogP contribution is -2.28. The number of esters is 2. The summed E-state index contributed by atoms with van der Waals surface area (Å²) in [6, 6.07) is 0. The van der Waals surface area contributed by atoms with E-state index in [-0.39, 0.29) is 42.9 Å². The molecule has 0 amide bonds. The zero-order valence-corrected chi connectivity index (χ0v) is 30.5. The van der Waals surface area contributed by atoms with E-state index in [9.17, 15) is 24.9 Å². The van der Waals surface area contributed by atoms with Crippen LogP contribution in [0.3, 0.4) is 0 Å². The Bertz CT molecular complexity index is 1350. The van der Waals surface area contributed by atoms with Gasteiger partial charge >= 0.3 is 11.9 Å². The van der Waals surface area contributed by atoms with Crippen LogP contribution in [-0.2, 0) is 32.0 Å². The van der Waals surface area contributed by atoms with Crippen molar-refractivity contribution in [2.24, 2.45) is 17.8 Å². The van der Waals surface area contributed by atoms with Gasteiger partial charge in [0.1, 0.15) is 6.10 Å². The van der Waals surface area contributed by atoms with Crippen molar-refractivity contribution in [1.29, 1.82) is 0 Å². The van der Waals surface area contributed by atoms with Gasteiger partial charge in [-0.05, 0) is 65.2 Å². The van der Waals surface area contributed by atoms with Crippen molar-refractivity contribution in [1.82, 2.24) is 15.0 Å². The summed E-state index contributed by atoms with van der Waals surface area (Å²) in [5, 5.41) is 37.7. The van der Waals surface area contributed by atoms with E-state index in [1.165, 1.54) is 6.08 Å². The Hall–Kier alpha value is -3.60. The van der Waals surface area contributed by atoms with Gasteiger partial charge in [-0.25, -0.2) is 4.79 Å². The Kier molecular flexibility index (Phi) is 18.8. The average molecular weight is 682 g/mol. The molecule has 10 heteroatoms. The second kappa shape index (κ2) is 22.2. The van der Waals surface area contributed by atoms with E-state index in [0.717, 1.165) is 41.7 Å². The molecular weight excluding hydrogens is 622 g/mol. The number of aliphatic hydroxyl groups is 3. The monoisotopic (exact) mass is 681 g/mol. The van der Waals surface area contributed by atoms with Gasteiger partial charge in [0.2, 0.25) is 0 Å². The Morgan fingerprint density at radius 2 is 1.82 bits per heavy atom. The molecule has 1 aromatic rings. The molecule has 2 rings (SSSR count). The van der Waals surface area contributed by atoms with Gasteiger partial charge in [-0.2, -0.15) is 0 Å². The Morgan fingerprint density at radius 1 is 1.08 bits per heavy atom. The van der Waals surface area contributed by atoms with E-state index in [1.807, 2.05) is 62.9 Å². The van der Waals surface area contributed by atoms with Crippen LogP contribution < -0.4 is 0 Å². The highest BCUT2D eigenvalue weighted by molar-refractivity contribution is 5.82. The molecule has 7 atom stereocenters. The number of aryl methyl sites for hydroxylation is 1. The zero-order valence-electron chi connectivity index (χ0n) is 30.5. The number of cyclic esters (lactones) is 1. The first-order chi connectivity index (χ1) is 23.3. The molecule has 1 aromatic heterocycles. The summed E-state index contributed by atoms with van der Waals surface area (Å²) < 4.78 is 13.4. The lowest BCUT2D eigenvalue weighted by molar-refractivity contribution is -0.152. The van der Waals surface area contributed by atoms with Gasteiger partial charge < -0.3 is 24.8 Å². The molecule has 0 radical (unpaired) electrons. The van der Waals surface area contributed by atoms with Gasteiger partial charge in [0.25, 0.3) is 0 Å². The van der Waals surface area contributed by atoms with Gasteiger partial charge in [0.05, 0.1) is 30.6 Å². The number of aliphatic hydroxyl groups excluding tert-OH is 3. The summed E-state index contributed by atoms with van der Waals surface area (Å²) >= 11 is 0. The minimum Gasteiger partial charge on any atom is -0.462 e. The third-order valence-corrected chi connectivity index (χ3v) is 8.65. The average Bonchev–Trinajstić information content (AvgIpc) is 3.49. The largest absolute Gasteiger partial charge is 0.462 e. The fourth-order valence-electron chi connectivity index (χ4n) is 5.57. The molecule has 0 aliphatic carbocycles. The predicted molar refractivity (Wildman–Crippen MR) is 192 cm³/mol. The number of nitrogens with zero attached hydrogens (tertiary/aromatic N) is 3. The van der Waals surface area contributed by atoms with Gasteiger partial charge in [0, 0.05) is 44.0 Å². The Labute approximate surface area is 293 Å². The highest BCUT2D eigenvalue weighted by atomic mass is 16.5. The zero-order chi connectivity index (χ0) is 36.3. The number of hydrogen-bond acceptors (Lipinski definition) is 9. The van der Waals surface area contributed by atoms with E-state index < -0.39 is 24.3 Å². The molecule has 49 heavy (non-hydrogen) atoms. The van der Waals surface area contributed by atoms with Crippen LogP contribution in [0.5, 0.6) is 0 Å². The van der Waals surface area contributed by atoms with Crippen molar-refractivity contribution in [3.63, 3.8) is 0 Å². The number of ether oxygens (including phenoxy) is 2. The van der Waals surface area contributed by atoms with Gasteiger partial charge in [-0.15, -0.1) is 5.10 Å². The van der Waals surface area contributed by atoms with Crippen molar-refractivity contribution in [2.45, 2.75) is 124 Å². The maximum atomic E-state index is 12.8. The predicted octanol–water partition coefficient (Wildman–Crippen LogP) is 6.15. The molecule has 3 N–H and O–H groups in total. The van der Waals surface area contributed by atoms with Gasteiger partial charge in [0.15, 0.2) is 0 Å². The minimum atomic E-state index is -1.06. The smallest absolute Gasteiger partial charge is 0.330 e. The summed E-state index contributed by atoms with van der Waals surface area (Å²) in [7, 11) is 0.